The zero-order valence-corrected chi connectivity index (χ0v) is 10.5. The van der Waals surface area contributed by atoms with Crippen LogP contribution in [0.5, 0.6) is 0 Å². The fourth-order valence-electron chi connectivity index (χ4n) is 1.08. The van der Waals surface area contributed by atoms with Crippen LogP contribution in [0.15, 0.2) is 12.3 Å². The number of carbonyl (C=O) groups excluding carboxylic acids is 1. The maximum Gasteiger partial charge on any atom is 0.269 e. The predicted molar refractivity (Wildman–Crippen MR) is 66.1 cm³/mol. The van der Waals surface area contributed by atoms with Crippen LogP contribution in [0.3, 0.4) is 0 Å². The van der Waals surface area contributed by atoms with E-state index in [4.69, 9.17) is 18.0 Å². The highest BCUT2D eigenvalue weighted by Gasteiger charge is 2.22. The van der Waals surface area contributed by atoms with Gasteiger partial charge in [-0.2, -0.15) is 5.10 Å². The summed E-state index contributed by atoms with van der Waals surface area (Å²) in [5.41, 5.74) is 5.70. The van der Waals surface area contributed by atoms with E-state index in [0.29, 0.717) is 17.2 Å². The van der Waals surface area contributed by atoms with Gasteiger partial charge in [0.1, 0.15) is 5.69 Å². The normalized spacial score (nSPS) is 11.2. The highest BCUT2D eigenvalue weighted by molar-refractivity contribution is 7.80. The number of amides is 1. The first kappa shape index (κ1) is 12.6. The van der Waals surface area contributed by atoms with Gasteiger partial charge in [0.25, 0.3) is 5.91 Å². The molecule has 0 unspecified atom stereocenters. The van der Waals surface area contributed by atoms with Crippen molar-refractivity contribution in [1.29, 1.82) is 0 Å². The van der Waals surface area contributed by atoms with Gasteiger partial charge in [0.2, 0.25) is 0 Å². The highest BCUT2D eigenvalue weighted by atomic mass is 32.1. The van der Waals surface area contributed by atoms with Gasteiger partial charge in [-0.05, 0) is 6.07 Å². The number of aromatic nitrogens is 2. The predicted octanol–water partition coefficient (Wildman–Crippen LogP) is 0.462. The lowest BCUT2D eigenvalue weighted by Crippen LogP contribution is -2.41. The zero-order valence-electron chi connectivity index (χ0n) is 9.65. The molecule has 0 spiro atoms. The van der Waals surface area contributed by atoms with Crippen LogP contribution in [0.4, 0.5) is 0 Å². The SMILES string of the molecule is Cn1nccc1C(=O)NCC(C)(C)C(N)=S. The second kappa shape index (κ2) is 4.61. The summed E-state index contributed by atoms with van der Waals surface area (Å²) in [5, 5.41) is 6.70. The van der Waals surface area contributed by atoms with Gasteiger partial charge in [0.05, 0.1) is 4.99 Å². The van der Waals surface area contributed by atoms with Gasteiger partial charge in [0, 0.05) is 25.2 Å². The maximum atomic E-state index is 11.7. The molecule has 0 aliphatic carbocycles. The molecule has 6 heteroatoms. The van der Waals surface area contributed by atoms with Crippen LogP contribution in [0, 0.1) is 5.41 Å². The van der Waals surface area contributed by atoms with Crippen LogP contribution in [0.2, 0.25) is 0 Å². The fourth-order valence-corrected chi connectivity index (χ4v) is 1.15. The molecule has 0 atom stereocenters. The van der Waals surface area contributed by atoms with Crippen molar-refractivity contribution >= 4 is 23.1 Å². The summed E-state index contributed by atoms with van der Waals surface area (Å²) in [6, 6.07) is 1.66. The second-order valence-corrected chi connectivity index (χ2v) is 4.71. The summed E-state index contributed by atoms with van der Waals surface area (Å²) < 4.78 is 1.52. The summed E-state index contributed by atoms with van der Waals surface area (Å²) in [4.78, 5) is 12.1. The molecule has 0 aliphatic heterocycles. The molecule has 1 aromatic heterocycles. The topological polar surface area (TPSA) is 72.9 Å². The van der Waals surface area contributed by atoms with Gasteiger partial charge in [-0.25, -0.2) is 0 Å². The van der Waals surface area contributed by atoms with Gasteiger partial charge in [-0.1, -0.05) is 26.1 Å². The second-order valence-electron chi connectivity index (χ2n) is 4.27. The smallest absolute Gasteiger partial charge is 0.269 e. The third-order valence-electron chi connectivity index (χ3n) is 2.41. The van der Waals surface area contributed by atoms with E-state index in [1.165, 1.54) is 4.68 Å². The number of rotatable bonds is 4. The van der Waals surface area contributed by atoms with Crippen LogP contribution < -0.4 is 11.1 Å². The summed E-state index contributed by atoms with van der Waals surface area (Å²) in [6.45, 7) is 4.18. The molecule has 88 valence electrons. The number of thiocarbonyl (C=S) groups is 1. The molecule has 0 saturated heterocycles. The zero-order chi connectivity index (χ0) is 12.3. The van der Waals surface area contributed by atoms with Crippen LogP contribution >= 0.6 is 12.2 Å². The van der Waals surface area contributed by atoms with Crippen LogP contribution in [-0.4, -0.2) is 27.2 Å². The Balaban J connectivity index is 2.61. The Labute approximate surface area is 100 Å². The molecule has 5 nitrogen and oxygen atoms in total. The number of nitrogens with one attached hydrogen (secondary N) is 1. The first-order valence-corrected chi connectivity index (χ1v) is 5.31. The van der Waals surface area contributed by atoms with Gasteiger partial charge in [0.15, 0.2) is 0 Å². The molecule has 1 rings (SSSR count). The van der Waals surface area contributed by atoms with Crippen molar-refractivity contribution in [3.8, 4) is 0 Å². The Morgan fingerprint density at radius 3 is 2.75 bits per heavy atom. The molecule has 1 heterocycles. The minimum atomic E-state index is -0.385. The van der Waals surface area contributed by atoms with Crippen LogP contribution in [-0.2, 0) is 7.05 Å². The minimum absolute atomic E-state index is 0.177. The van der Waals surface area contributed by atoms with Crippen molar-refractivity contribution in [2.45, 2.75) is 13.8 Å². The number of carbonyl (C=O) groups is 1. The quantitative estimate of drug-likeness (QED) is 0.750. The third kappa shape index (κ3) is 2.79. The fraction of sp³-hybridized carbons (Fsp3) is 0.500. The van der Waals surface area contributed by atoms with E-state index in [-0.39, 0.29) is 11.3 Å². The molecule has 3 N–H and O–H groups in total. The lowest BCUT2D eigenvalue weighted by atomic mass is 9.93. The Morgan fingerprint density at radius 1 is 1.69 bits per heavy atom. The Hall–Kier alpha value is -1.43. The Bertz CT molecular complexity index is 411. The molecule has 0 radical (unpaired) electrons. The van der Waals surface area contributed by atoms with E-state index in [1.807, 2.05) is 13.8 Å². The number of nitrogens with zero attached hydrogens (tertiary/aromatic N) is 2. The number of hydrogen-bond donors (Lipinski definition) is 2. The maximum absolute atomic E-state index is 11.7. The molecule has 0 fully saturated rings. The van der Waals surface area contributed by atoms with E-state index in [2.05, 4.69) is 10.4 Å². The van der Waals surface area contributed by atoms with E-state index in [9.17, 15) is 4.79 Å². The molecular formula is C10H16N4OS. The Morgan fingerprint density at radius 2 is 2.31 bits per heavy atom. The van der Waals surface area contributed by atoms with Crippen molar-refractivity contribution < 1.29 is 4.79 Å². The van der Waals surface area contributed by atoms with Crippen molar-refractivity contribution in [3.05, 3.63) is 18.0 Å². The molecule has 1 aromatic rings. The third-order valence-corrected chi connectivity index (χ3v) is 2.96. The summed E-state index contributed by atoms with van der Waals surface area (Å²) >= 11 is 4.92. The molecule has 0 aromatic carbocycles. The van der Waals surface area contributed by atoms with Crippen LogP contribution in [0.25, 0.3) is 0 Å². The number of nitrogens with two attached hydrogens (primary N) is 1. The summed E-state index contributed by atoms with van der Waals surface area (Å²) in [5.74, 6) is -0.177. The van der Waals surface area contributed by atoms with Gasteiger partial charge in [-0.3, -0.25) is 9.48 Å². The van der Waals surface area contributed by atoms with Gasteiger partial charge < -0.3 is 11.1 Å². The number of hydrogen-bond acceptors (Lipinski definition) is 3. The number of aryl methyl sites for hydroxylation is 1. The van der Waals surface area contributed by atoms with Crippen molar-refractivity contribution in [1.82, 2.24) is 15.1 Å². The standard InChI is InChI=1S/C10H16N4OS/c1-10(2,9(11)16)6-12-8(15)7-4-5-13-14(7)3/h4-5H,6H2,1-3H3,(H2,11,16)(H,12,15). The molecule has 0 aliphatic rings. The largest absolute Gasteiger partial charge is 0.393 e. The van der Waals surface area contributed by atoms with E-state index in [1.54, 1.807) is 19.3 Å². The monoisotopic (exact) mass is 240 g/mol. The highest BCUT2D eigenvalue weighted by Crippen LogP contribution is 2.13. The van der Waals surface area contributed by atoms with E-state index in [0.717, 1.165) is 0 Å². The molecule has 1 amide bonds. The van der Waals surface area contributed by atoms with Crippen molar-refractivity contribution in [2.24, 2.45) is 18.2 Å². The Kier molecular flexibility index (Phi) is 3.64. The summed E-state index contributed by atoms with van der Waals surface area (Å²) in [7, 11) is 1.72. The van der Waals surface area contributed by atoms with E-state index < -0.39 is 0 Å². The molecule has 0 saturated carbocycles. The van der Waals surface area contributed by atoms with Crippen LogP contribution in [0.1, 0.15) is 24.3 Å². The van der Waals surface area contributed by atoms with E-state index >= 15 is 0 Å². The summed E-state index contributed by atoms with van der Waals surface area (Å²) in [6.07, 6.45) is 1.58. The average molecular weight is 240 g/mol. The van der Waals surface area contributed by atoms with Gasteiger partial charge in [-0.15, -0.1) is 0 Å². The first-order valence-electron chi connectivity index (χ1n) is 4.91. The molecular weight excluding hydrogens is 224 g/mol. The minimum Gasteiger partial charge on any atom is -0.393 e. The average Bonchev–Trinajstić information content (AvgIpc) is 2.61. The van der Waals surface area contributed by atoms with Crippen molar-refractivity contribution in [2.75, 3.05) is 6.54 Å². The first-order chi connectivity index (χ1) is 7.34. The lowest BCUT2D eigenvalue weighted by molar-refractivity contribution is 0.0935. The lowest BCUT2D eigenvalue weighted by Gasteiger charge is -2.23. The van der Waals surface area contributed by atoms with Crippen molar-refractivity contribution in [3.63, 3.8) is 0 Å². The molecule has 16 heavy (non-hydrogen) atoms. The molecule has 0 bridgehead atoms. The van der Waals surface area contributed by atoms with Gasteiger partial charge >= 0.3 is 0 Å².